The molecule has 1 heterocycles. The van der Waals surface area contributed by atoms with Crippen LogP contribution in [-0.4, -0.2) is 55.0 Å². The minimum Gasteiger partial charge on any atom is -0.369 e. The number of hydrogen-bond donors (Lipinski definition) is 1. The van der Waals surface area contributed by atoms with Crippen LogP contribution in [0.1, 0.15) is 26.7 Å². The lowest BCUT2D eigenvalue weighted by molar-refractivity contribution is -0.122. The fourth-order valence-electron chi connectivity index (χ4n) is 2.52. The van der Waals surface area contributed by atoms with E-state index in [9.17, 15) is 4.79 Å². The summed E-state index contributed by atoms with van der Waals surface area (Å²) in [5.74, 6) is -0.183. The largest absolute Gasteiger partial charge is 0.369 e. The van der Waals surface area contributed by atoms with Crippen molar-refractivity contribution in [3.63, 3.8) is 0 Å². The van der Waals surface area contributed by atoms with Gasteiger partial charge in [-0.15, -0.1) is 0 Å². The van der Waals surface area contributed by atoms with E-state index in [0.717, 1.165) is 39.0 Å². The molecule has 1 fully saturated rings. The van der Waals surface area contributed by atoms with E-state index in [4.69, 9.17) is 5.73 Å². The third kappa shape index (κ3) is 3.46. The van der Waals surface area contributed by atoms with Crippen molar-refractivity contribution in [3.05, 3.63) is 0 Å². The number of amides is 1. The lowest BCUT2D eigenvalue weighted by atomic mass is 10.1. The van der Waals surface area contributed by atoms with Gasteiger partial charge < -0.3 is 10.6 Å². The van der Waals surface area contributed by atoms with E-state index in [-0.39, 0.29) is 11.8 Å². The molecular weight excluding hydrogens is 202 g/mol. The van der Waals surface area contributed by atoms with Crippen LogP contribution in [0, 0.1) is 5.92 Å². The first-order valence-corrected chi connectivity index (χ1v) is 6.30. The summed E-state index contributed by atoms with van der Waals surface area (Å²) in [5, 5.41) is 0. The molecule has 1 amide bonds. The summed E-state index contributed by atoms with van der Waals surface area (Å²) in [4.78, 5) is 16.0. The number of hydrogen-bond acceptors (Lipinski definition) is 3. The van der Waals surface area contributed by atoms with E-state index >= 15 is 0 Å². The maximum absolute atomic E-state index is 11.4. The number of primary amides is 1. The van der Waals surface area contributed by atoms with Gasteiger partial charge in [0.2, 0.25) is 5.91 Å². The first-order valence-electron chi connectivity index (χ1n) is 6.30. The van der Waals surface area contributed by atoms with Crippen molar-refractivity contribution < 1.29 is 4.79 Å². The van der Waals surface area contributed by atoms with Crippen LogP contribution in [0.3, 0.4) is 0 Å². The fourth-order valence-corrected chi connectivity index (χ4v) is 2.52. The second-order valence-corrected chi connectivity index (χ2v) is 4.83. The Bertz CT molecular complexity index is 228. The Morgan fingerprint density at radius 3 is 2.44 bits per heavy atom. The molecule has 4 nitrogen and oxygen atoms in total. The van der Waals surface area contributed by atoms with Gasteiger partial charge in [-0.2, -0.15) is 0 Å². The monoisotopic (exact) mass is 227 g/mol. The molecule has 1 saturated heterocycles. The summed E-state index contributed by atoms with van der Waals surface area (Å²) >= 11 is 0. The maximum Gasteiger partial charge on any atom is 0.223 e. The summed E-state index contributed by atoms with van der Waals surface area (Å²) in [7, 11) is 2.06. The molecule has 0 spiro atoms. The molecule has 0 aliphatic carbocycles. The second-order valence-electron chi connectivity index (χ2n) is 4.83. The smallest absolute Gasteiger partial charge is 0.223 e. The molecule has 1 atom stereocenters. The standard InChI is InChI=1S/C12H25N3O/c1-4-11(5-2)15-7-6-14(3)8-10(9-15)12(13)16/h10-11H,4-9H2,1-3H3,(H2,13,16). The molecule has 0 aromatic carbocycles. The minimum atomic E-state index is -0.162. The van der Waals surface area contributed by atoms with Crippen LogP contribution in [0.4, 0.5) is 0 Å². The molecule has 0 aromatic rings. The van der Waals surface area contributed by atoms with Crippen molar-refractivity contribution in [1.29, 1.82) is 0 Å². The molecule has 0 bridgehead atoms. The molecule has 1 rings (SSSR count). The molecule has 1 aliphatic heterocycles. The number of nitrogens with zero attached hydrogens (tertiary/aromatic N) is 2. The zero-order valence-electron chi connectivity index (χ0n) is 10.8. The molecule has 0 aromatic heterocycles. The first kappa shape index (κ1) is 13.5. The van der Waals surface area contributed by atoms with E-state index in [1.165, 1.54) is 0 Å². The Kier molecular flexibility index (Phi) is 5.22. The highest BCUT2D eigenvalue weighted by Gasteiger charge is 2.27. The predicted molar refractivity (Wildman–Crippen MR) is 66.1 cm³/mol. The van der Waals surface area contributed by atoms with Gasteiger partial charge in [-0.05, 0) is 19.9 Å². The summed E-state index contributed by atoms with van der Waals surface area (Å²) in [6.45, 7) is 8.12. The van der Waals surface area contributed by atoms with Crippen LogP contribution >= 0.6 is 0 Å². The molecule has 94 valence electrons. The second kappa shape index (κ2) is 6.21. The third-order valence-corrected chi connectivity index (χ3v) is 3.62. The van der Waals surface area contributed by atoms with Crippen LogP contribution in [0.25, 0.3) is 0 Å². The number of rotatable bonds is 4. The average Bonchev–Trinajstić information content (AvgIpc) is 2.43. The van der Waals surface area contributed by atoms with Gasteiger partial charge in [0.05, 0.1) is 5.92 Å². The third-order valence-electron chi connectivity index (χ3n) is 3.62. The van der Waals surface area contributed by atoms with E-state index in [2.05, 4.69) is 30.7 Å². The maximum atomic E-state index is 11.4. The summed E-state index contributed by atoms with van der Waals surface area (Å²) < 4.78 is 0. The Balaban J connectivity index is 2.68. The average molecular weight is 227 g/mol. The van der Waals surface area contributed by atoms with Gasteiger partial charge in [-0.3, -0.25) is 9.69 Å². The van der Waals surface area contributed by atoms with Crippen LogP contribution in [0.15, 0.2) is 0 Å². The topological polar surface area (TPSA) is 49.6 Å². The van der Waals surface area contributed by atoms with Gasteiger partial charge in [0.25, 0.3) is 0 Å². The zero-order chi connectivity index (χ0) is 12.1. The van der Waals surface area contributed by atoms with Gasteiger partial charge in [-0.1, -0.05) is 13.8 Å². The molecule has 16 heavy (non-hydrogen) atoms. The van der Waals surface area contributed by atoms with Crippen molar-refractivity contribution in [2.24, 2.45) is 11.7 Å². The van der Waals surface area contributed by atoms with E-state index < -0.39 is 0 Å². The molecule has 1 unspecified atom stereocenters. The molecule has 0 radical (unpaired) electrons. The van der Waals surface area contributed by atoms with Crippen molar-refractivity contribution >= 4 is 5.91 Å². The Hall–Kier alpha value is -0.610. The van der Waals surface area contributed by atoms with Crippen molar-refractivity contribution in [3.8, 4) is 0 Å². The molecule has 1 aliphatic rings. The zero-order valence-corrected chi connectivity index (χ0v) is 10.8. The van der Waals surface area contributed by atoms with Crippen molar-refractivity contribution in [2.75, 3.05) is 33.2 Å². The van der Waals surface area contributed by atoms with Gasteiger partial charge in [0.15, 0.2) is 0 Å². The molecular formula is C12H25N3O. The van der Waals surface area contributed by atoms with E-state index in [1.807, 2.05) is 0 Å². The van der Waals surface area contributed by atoms with Gasteiger partial charge in [0, 0.05) is 32.2 Å². The molecule has 4 heteroatoms. The molecule has 0 saturated carbocycles. The van der Waals surface area contributed by atoms with Crippen LogP contribution < -0.4 is 5.73 Å². The summed E-state index contributed by atoms with van der Waals surface area (Å²) in [5.41, 5.74) is 5.45. The highest BCUT2D eigenvalue weighted by Crippen LogP contribution is 2.15. The molecule has 2 N–H and O–H groups in total. The number of nitrogens with two attached hydrogens (primary N) is 1. The quantitative estimate of drug-likeness (QED) is 0.762. The van der Waals surface area contributed by atoms with E-state index in [1.54, 1.807) is 0 Å². The lowest BCUT2D eigenvalue weighted by Gasteiger charge is -2.30. The van der Waals surface area contributed by atoms with E-state index in [0.29, 0.717) is 6.04 Å². The Morgan fingerprint density at radius 2 is 1.94 bits per heavy atom. The van der Waals surface area contributed by atoms with Crippen LogP contribution in [0.2, 0.25) is 0 Å². The fraction of sp³-hybridized carbons (Fsp3) is 0.917. The number of carbonyl (C=O) groups excluding carboxylic acids is 1. The summed E-state index contributed by atoms with van der Waals surface area (Å²) in [6.07, 6.45) is 2.29. The predicted octanol–water partition coefficient (Wildman–Crippen LogP) is 0.524. The lowest BCUT2D eigenvalue weighted by Crippen LogP contribution is -2.42. The minimum absolute atomic E-state index is 0.0203. The highest BCUT2D eigenvalue weighted by molar-refractivity contribution is 5.77. The van der Waals surface area contributed by atoms with Crippen molar-refractivity contribution in [1.82, 2.24) is 9.80 Å². The van der Waals surface area contributed by atoms with Crippen LogP contribution in [0.5, 0.6) is 0 Å². The normalized spacial score (nSPS) is 24.6. The highest BCUT2D eigenvalue weighted by atomic mass is 16.1. The van der Waals surface area contributed by atoms with Crippen LogP contribution in [-0.2, 0) is 4.79 Å². The van der Waals surface area contributed by atoms with Gasteiger partial charge >= 0.3 is 0 Å². The Morgan fingerprint density at radius 1 is 1.31 bits per heavy atom. The first-order chi connectivity index (χ1) is 7.58. The Labute approximate surface area is 98.8 Å². The summed E-state index contributed by atoms with van der Waals surface area (Å²) in [6, 6.07) is 0.591. The van der Waals surface area contributed by atoms with Gasteiger partial charge in [-0.25, -0.2) is 0 Å². The van der Waals surface area contributed by atoms with Crippen molar-refractivity contribution in [2.45, 2.75) is 32.7 Å². The van der Waals surface area contributed by atoms with Gasteiger partial charge in [0.1, 0.15) is 0 Å². The SMILES string of the molecule is CCC(CC)N1CCN(C)CC(C(N)=O)C1. The number of likely N-dealkylation sites (N-methyl/N-ethyl adjacent to an activating group) is 1. The number of carbonyl (C=O) groups is 1.